The molecular weight excluding hydrogens is 238 g/mol. The molecule has 3 rings (SSSR count). The number of nitrogens with one attached hydrogen (secondary N) is 3. The average molecular weight is 259 g/mol. The van der Waals surface area contributed by atoms with Gasteiger partial charge in [-0.3, -0.25) is 4.79 Å². The fourth-order valence-corrected chi connectivity index (χ4v) is 3.30. The van der Waals surface area contributed by atoms with E-state index in [4.69, 9.17) is 0 Å². The van der Waals surface area contributed by atoms with E-state index in [1.165, 1.54) is 0 Å². The van der Waals surface area contributed by atoms with Crippen LogP contribution >= 0.6 is 0 Å². The molecule has 0 spiro atoms. The third kappa shape index (κ3) is 1.86. The van der Waals surface area contributed by atoms with E-state index in [1.807, 2.05) is 0 Å². The summed E-state index contributed by atoms with van der Waals surface area (Å²) in [5.74, 6) is 0.583. The second-order valence-corrected chi connectivity index (χ2v) is 5.54. The molecule has 19 heavy (non-hydrogen) atoms. The number of anilines is 3. The highest BCUT2D eigenvalue weighted by atomic mass is 16.2. The van der Waals surface area contributed by atoms with E-state index in [0.717, 1.165) is 35.5 Å². The first kappa shape index (κ1) is 12.3. The Morgan fingerprint density at radius 1 is 1.11 bits per heavy atom. The molecule has 0 bridgehead atoms. The topological polar surface area (TPSA) is 53.2 Å². The summed E-state index contributed by atoms with van der Waals surface area (Å²) >= 11 is 0. The van der Waals surface area contributed by atoms with E-state index in [9.17, 15) is 4.79 Å². The number of benzene rings is 1. The van der Waals surface area contributed by atoms with E-state index in [1.54, 1.807) is 0 Å². The van der Waals surface area contributed by atoms with Crippen LogP contribution in [0.15, 0.2) is 12.1 Å². The van der Waals surface area contributed by atoms with Gasteiger partial charge in [0.25, 0.3) is 0 Å². The van der Waals surface area contributed by atoms with Crippen LogP contribution in [0.4, 0.5) is 17.1 Å². The van der Waals surface area contributed by atoms with Crippen molar-refractivity contribution >= 4 is 23.0 Å². The van der Waals surface area contributed by atoms with Crippen LogP contribution in [0.2, 0.25) is 0 Å². The lowest BCUT2D eigenvalue weighted by molar-refractivity contribution is -0.118. The van der Waals surface area contributed by atoms with Gasteiger partial charge in [-0.05, 0) is 30.5 Å². The molecule has 0 radical (unpaired) electrons. The normalized spacial score (nSPS) is 23.7. The molecule has 102 valence electrons. The Morgan fingerprint density at radius 3 is 2.37 bits per heavy atom. The first-order chi connectivity index (χ1) is 9.13. The quantitative estimate of drug-likeness (QED) is 0.780. The molecule has 4 nitrogen and oxygen atoms in total. The predicted molar refractivity (Wildman–Crippen MR) is 78.6 cm³/mol. The molecular formula is C15H21N3O. The predicted octanol–water partition coefficient (Wildman–Crippen LogP) is 3.34. The number of hydrogen-bond donors (Lipinski definition) is 3. The number of carbonyl (C=O) groups is 1. The maximum absolute atomic E-state index is 12.2. The number of hydrogen-bond acceptors (Lipinski definition) is 3. The first-order valence-electron chi connectivity index (χ1n) is 7.15. The Kier molecular flexibility index (Phi) is 2.88. The van der Waals surface area contributed by atoms with Gasteiger partial charge >= 0.3 is 0 Å². The second-order valence-electron chi connectivity index (χ2n) is 5.54. The summed E-state index contributed by atoms with van der Waals surface area (Å²) in [5.41, 5.74) is 4.32. The molecule has 0 aliphatic carbocycles. The van der Waals surface area contributed by atoms with Crippen molar-refractivity contribution in [3.63, 3.8) is 0 Å². The van der Waals surface area contributed by atoms with Crippen molar-refractivity contribution in [3.05, 3.63) is 17.7 Å². The minimum Gasteiger partial charge on any atom is -0.364 e. The zero-order valence-electron chi connectivity index (χ0n) is 11.7. The molecule has 2 atom stereocenters. The van der Waals surface area contributed by atoms with Crippen LogP contribution in [0.25, 0.3) is 0 Å². The SMILES string of the molecule is CCC(CC)C1C(=O)Nc2cc3c(cc21)NC(C)N3. The third-order valence-corrected chi connectivity index (χ3v) is 4.33. The van der Waals surface area contributed by atoms with Crippen molar-refractivity contribution in [3.8, 4) is 0 Å². The first-order valence-corrected chi connectivity index (χ1v) is 7.15. The lowest BCUT2D eigenvalue weighted by Crippen LogP contribution is -2.20. The van der Waals surface area contributed by atoms with E-state index in [-0.39, 0.29) is 18.0 Å². The zero-order chi connectivity index (χ0) is 13.6. The third-order valence-electron chi connectivity index (χ3n) is 4.33. The molecule has 2 unspecified atom stereocenters. The molecule has 4 heteroatoms. The van der Waals surface area contributed by atoms with Crippen LogP contribution in [0.5, 0.6) is 0 Å². The molecule has 0 saturated heterocycles. The van der Waals surface area contributed by atoms with Gasteiger partial charge in [-0.15, -0.1) is 0 Å². The van der Waals surface area contributed by atoms with Crippen LogP contribution in [0, 0.1) is 5.92 Å². The van der Waals surface area contributed by atoms with Crippen molar-refractivity contribution in [2.75, 3.05) is 16.0 Å². The van der Waals surface area contributed by atoms with Gasteiger partial charge < -0.3 is 16.0 Å². The van der Waals surface area contributed by atoms with Crippen molar-refractivity contribution in [2.24, 2.45) is 5.92 Å². The molecule has 1 amide bonds. The molecule has 2 aliphatic rings. The zero-order valence-corrected chi connectivity index (χ0v) is 11.7. The molecule has 0 aromatic heterocycles. The second kappa shape index (κ2) is 4.44. The van der Waals surface area contributed by atoms with Gasteiger partial charge in [0.05, 0.1) is 23.5 Å². The highest BCUT2D eigenvalue weighted by Crippen LogP contribution is 2.45. The highest BCUT2D eigenvalue weighted by Gasteiger charge is 2.36. The summed E-state index contributed by atoms with van der Waals surface area (Å²) in [6.45, 7) is 6.41. The maximum Gasteiger partial charge on any atom is 0.232 e. The van der Waals surface area contributed by atoms with Gasteiger partial charge in [-0.1, -0.05) is 26.7 Å². The summed E-state index contributed by atoms with van der Waals surface area (Å²) in [6.07, 6.45) is 2.32. The highest BCUT2D eigenvalue weighted by molar-refractivity contribution is 6.05. The molecule has 0 saturated carbocycles. The molecule has 2 aliphatic heterocycles. The molecule has 3 N–H and O–H groups in total. The molecule has 0 fully saturated rings. The Balaban J connectivity index is 2.02. The number of carbonyl (C=O) groups excluding carboxylic acids is 1. The van der Waals surface area contributed by atoms with Crippen LogP contribution in [0.3, 0.4) is 0 Å². The number of rotatable bonds is 3. The summed E-state index contributed by atoms with van der Waals surface area (Å²) < 4.78 is 0. The minimum atomic E-state index is 0.00741. The van der Waals surface area contributed by atoms with Crippen molar-refractivity contribution in [1.29, 1.82) is 0 Å². The molecule has 1 aromatic rings. The summed E-state index contributed by atoms with van der Waals surface area (Å²) in [6, 6.07) is 4.20. The summed E-state index contributed by atoms with van der Waals surface area (Å²) in [7, 11) is 0. The fraction of sp³-hybridized carbons (Fsp3) is 0.533. The average Bonchev–Trinajstić information content (AvgIpc) is 2.87. The van der Waals surface area contributed by atoms with Gasteiger partial charge in [0.1, 0.15) is 0 Å². The molecule has 1 aromatic carbocycles. The van der Waals surface area contributed by atoms with E-state index in [0.29, 0.717) is 5.92 Å². The summed E-state index contributed by atoms with van der Waals surface area (Å²) in [4.78, 5) is 12.2. The van der Waals surface area contributed by atoms with Gasteiger partial charge in [-0.25, -0.2) is 0 Å². The Morgan fingerprint density at radius 2 is 1.74 bits per heavy atom. The van der Waals surface area contributed by atoms with Crippen molar-refractivity contribution in [2.45, 2.75) is 45.7 Å². The lowest BCUT2D eigenvalue weighted by atomic mass is 9.83. The van der Waals surface area contributed by atoms with E-state index in [2.05, 4.69) is 48.9 Å². The minimum absolute atomic E-state index is 0.00741. The Hall–Kier alpha value is -1.71. The van der Waals surface area contributed by atoms with Gasteiger partial charge in [0, 0.05) is 5.69 Å². The van der Waals surface area contributed by atoms with Crippen LogP contribution < -0.4 is 16.0 Å². The van der Waals surface area contributed by atoms with Crippen molar-refractivity contribution in [1.82, 2.24) is 0 Å². The fourth-order valence-electron chi connectivity index (χ4n) is 3.30. The Labute approximate surface area is 114 Å². The number of fused-ring (bicyclic) bond motifs is 2. The smallest absolute Gasteiger partial charge is 0.232 e. The standard InChI is InChI=1S/C15H21N3O/c1-4-9(5-2)14-10-6-12-13(17-8(3)16-12)7-11(10)18-15(14)19/h6-9,14,16-17H,4-5H2,1-3H3,(H,18,19). The monoisotopic (exact) mass is 259 g/mol. The Bertz CT molecular complexity index is 522. The van der Waals surface area contributed by atoms with Gasteiger partial charge in [0.15, 0.2) is 0 Å². The van der Waals surface area contributed by atoms with Crippen LogP contribution in [-0.4, -0.2) is 12.1 Å². The van der Waals surface area contributed by atoms with Crippen molar-refractivity contribution < 1.29 is 4.79 Å². The van der Waals surface area contributed by atoms with Crippen LogP contribution in [-0.2, 0) is 4.79 Å². The maximum atomic E-state index is 12.2. The van der Waals surface area contributed by atoms with Crippen LogP contribution in [0.1, 0.15) is 45.1 Å². The van der Waals surface area contributed by atoms with Gasteiger partial charge in [0.2, 0.25) is 5.91 Å². The number of amides is 1. The lowest BCUT2D eigenvalue weighted by Gasteiger charge is -2.19. The van der Waals surface area contributed by atoms with E-state index < -0.39 is 0 Å². The van der Waals surface area contributed by atoms with Gasteiger partial charge in [-0.2, -0.15) is 0 Å². The summed E-state index contributed by atoms with van der Waals surface area (Å²) in [5, 5.41) is 9.77. The molecule has 2 heterocycles. The van der Waals surface area contributed by atoms with E-state index >= 15 is 0 Å². The largest absolute Gasteiger partial charge is 0.364 e.